The van der Waals surface area contributed by atoms with E-state index in [1.165, 1.54) is 0 Å². The second-order valence-electron chi connectivity index (χ2n) is 10.8. The first-order chi connectivity index (χ1) is 16.6. The lowest BCUT2D eigenvalue weighted by atomic mass is 10.2. The fraction of sp³-hybridized carbons (Fsp3) is 1.00. The number of unbranched alkanes of at least 4 members (excludes halogenated alkanes) is 3. The molecule has 0 bridgehead atoms. The average Bonchev–Trinajstić information content (AvgIpc) is 2.72. The van der Waals surface area contributed by atoms with Crippen molar-refractivity contribution in [1.29, 1.82) is 0 Å². The van der Waals surface area contributed by atoms with Gasteiger partial charge in [0.1, 0.15) is 13.2 Å². The van der Waals surface area contributed by atoms with Gasteiger partial charge in [-0.1, -0.05) is 0 Å². The monoisotopic (exact) mass is 560 g/mol. The molecule has 36 heavy (non-hydrogen) atoms. The molecule has 0 rings (SSSR count). The zero-order valence-electron chi connectivity index (χ0n) is 23.4. The first-order valence-electron chi connectivity index (χ1n) is 12.7. The fourth-order valence-corrected chi connectivity index (χ4v) is 4.68. The van der Waals surface area contributed by atoms with Crippen LogP contribution in [-0.2, 0) is 37.1 Å². The highest BCUT2D eigenvalue weighted by atomic mass is 31.1. The Hall–Kier alpha value is -0.120. The van der Waals surface area contributed by atoms with E-state index in [9.17, 15) is 19.3 Å². The molecule has 0 heterocycles. The lowest BCUT2D eigenvalue weighted by Gasteiger charge is -2.28. The summed E-state index contributed by atoms with van der Waals surface area (Å²) in [7, 11) is -3.62. The van der Waals surface area contributed by atoms with Crippen LogP contribution in [0.15, 0.2) is 0 Å². The van der Waals surface area contributed by atoms with Gasteiger partial charge < -0.3 is 29.2 Å². The van der Waals surface area contributed by atoms with Crippen LogP contribution in [0.5, 0.6) is 0 Å². The number of rotatable bonds is 21. The van der Waals surface area contributed by atoms with Gasteiger partial charge >= 0.3 is 16.1 Å². The molecule has 2 N–H and O–H groups in total. The van der Waals surface area contributed by atoms with Crippen molar-refractivity contribution < 1.29 is 47.3 Å². The molecule has 10 nitrogen and oxygen atoms in total. The van der Waals surface area contributed by atoms with E-state index >= 15 is 0 Å². The summed E-state index contributed by atoms with van der Waals surface area (Å²) in [5, 5.41) is 19.2. The summed E-state index contributed by atoms with van der Waals surface area (Å²) in [6, 6.07) is 0. The van der Waals surface area contributed by atoms with E-state index in [0.717, 1.165) is 25.7 Å². The summed E-state index contributed by atoms with van der Waals surface area (Å²) in [6.45, 7) is 14.9. The lowest BCUT2D eigenvalue weighted by Crippen LogP contribution is -2.36. The van der Waals surface area contributed by atoms with Crippen molar-refractivity contribution in [3.63, 3.8) is 0 Å². The molecular formula is C24H50O10P2+2. The number of hydrogen-bond donors (Lipinski definition) is 2. The second kappa shape index (κ2) is 19.0. The van der Waals surface area contributed by atoms with Crippen molar-refractivity contribution in [2.24, 2.45) is 0 Å². The van der Waals surface area contributed by atoms with Crippen molar-refractivity contribution >= 4 is 16.1 Å². The maximum Gasteiger partial charge on any atom is 0.508 e. The Morgan fingerprint density at radius 2 is 1.17 bits per heavy atom. The van der Waals surface area contributed by atoms with Crippen LogP contribution in [0, 0.1) is 0 Å². The van der Waals surface area contributed by atoms with Crippen LogP contribution in [0.4, 0.5) is 0 Å². The average molecular weight is 561 g/mol. The number of aliphatic hydroxyl groups is 2. The first-order valence-corrected chi connectivity index (χ1v) is 15.4. The van der Waals surface area contributed by atoms with E-state index in [1.54, 1.807) is 6.92 Å². The standard InChI is InChI=1S/C24H50O10P2/c1-19(25)15-29-20(2)16-31-35(27)13-11-9-10-12-14-36(28)32-18-22(34-24(6,7)8)30-17-21(26)33-23(3,4)5/h19-22,25-26H,9-18H2,1-8H3/q+2. The van der Waals surface area contributed by atoms with Crippen molar-refractivity contribution in [3.8, 4) is 0 Å². The fourth-order valence-electron chi connectivity index (χ4n) is 2.79. The van der Waals surface area contributed by atoms with E-state index in [2.05, 4.69) is 0 Å². The molecule has 0 aromatic heterocycles. The van der Waals surface area contributed by atoms with Crippen molar-refractivity contribution in [2.45, 2.75) is 117 Å². The molecule has 0 aromatic rings. The molecule has 0 aliphatic carbocycles. The number of aliphatic hydroxyl groups excluding tert-OH is 2. The van der Waals surface area contributed by atoms with Gasteiger partial charge in [-0.15, -0.1) is 9.05 Å². The molecule has 0 saturated carbocycles. The van der Waals surface area contributed by atoms with Crippen LogP contribution in [-0.4, -0.2) is 85.0 Å². The van der Waals surface area contributed by atoms with Gasteiger partial charge in [-0.25, -0.2) is 0 Å². The molecule has 0 amide bonds. The van der Waals surface area contributed by atoms with Gasteiger partial charge in [0.25, 0.3) is 0 Å². The minimum absolute atomic E-state index is 0.0219. The highest BCUT2D eigenvalue weighted by Gasteiger charge is 2.27. The van der Waals surface area contributed by atoms with Crippen molar-refractivity contribution in [3.05, 3.63) is 0 Å². The van der Waals surface area contributed by atoms with Gasteiger partial charge in [-0.05, 0) is 90.2 Å². The Kier molecular flexibility index (Phi) is 19.0. The molecule has 0 fully saturated rings. The normalized spacial score (nSPS) is 16.9. The van der Waals surface area contributed by atoms with E-state index in [-0.39, 0.29) is 32.5 Å². The summed E-state index contributed by atoms with van der Waals surface area (Å²) in [6.07, 6.45) is 1.38. The Bertz CT molecular complexity index is 605. The summed E-state index contributed by atoms with van der Waals surface area (Å²) >= 11 is 0. The maximum atomic E-state index is 12.3. The zero-order chi connectivity index (χ0) is 27.8. The molecule has 214 valence electrons. The minimum atomic E-state index is -1.88. The van der Waals surface area contributed by atoms with Crippen LogP contribution in [0.25, 0.3) is 0 Å². The predicted molar refractivity (Wildman–Crippen MR) is 140 cm³/mol. The summed E-state index contributed by atoms with van der Waals surface area (Å²) < 4.78 is 57.2. The molecule has 0 aromatic carbocycles. The molecule has 6 unspecified atom stereocenters. The Labute approximate surface area is 219 Å². The van der Waals surface area contributed by atoms with E-state index in [0.29, 0.717) is 12.3 Å². The van der Waals surface area contributed by atoms with Crippen LogP contribution in [0.2, 0.25) is 0 Å². The molecule has 0 radical (unpaired) electrons. The molecule has 0 spiro atoms. The lowest BCUT2D eigenvalue weighted by molar-refractivity contribution is -0.252. The summed E-state index contributed by atoms with van der Waals surface area (Å²) in [5.41, 5.74) is -1.03. The quantitative estimate of drug-likeness (QED) is 0.111. The van der Waals surface area contributed by atoms with Gasteiger partial charge in [0.15, 0.2) is 31.5 Å². The van der Waals surface area contributed by atoms with Gasteiger partial charge in [-0.3, -0.25) is 0 Å². The third-order valence-electron chi connectivity index (χ3n) is 4.26. The Morgan fingerprint density at radius 1 is 0.667 bits per heavy atom. The third-order valence-corrected chi connectivity index (χ3v) is 6.50. The molecular weight excluding hydrogens is 510 g/mol. The molecule has 0 saturated heterocycles. The van der Waals surface area contributed by atoms with Crippen LogP contribution >= 0.6 is 16.1 Å². The highest BCUT2D eigenvalue weighted by molar-refractivity contribution is 7.39. The van der Waals surface area contributed by atoms with Crippen molar-refractivity contribution in [2.75, 3.05) is 38.8 Å². The highest BCUT2D eigenvalue weighted by Crippen LogP contribution is 2.28. The Balaban J connectivity index is 4.08. The maximum absolute atomic E-state index is 12.3. The topological polar surface area (TPSA) is 130 Å². The number of ether oxygens (including phenoxy) is 4. The van der Waals surface area contributed by atoms with E-state index in [4.69, 9.17) is 28.0 Å². The SMILES string of the molecule is CC(O)COC(C)CO[P+](=O)CCCCCC[P+](=O)OCC(OCC(O)OC(C)(C)C)OC(C)(C)C. The molecule has 6 atom stereocenters. The van der Waals surface area contributed by atoms with Gasteiger partial charge in [-0.2, -0.15) is 0 Å². The Morgan fingerprint density at radius 3 is 1.64 bits per heavy atom. The molecule has 0 aliphatic rings. The van der Waals surface area contributed by atoms with Gasteiger partial charge in [0.2, 0.25) is 0 Å². The van der Waals surface area contributed by atoms with E-state index < -0.39 is 45.9 Å². The summed E-state index contributed by atoms with van der Waals surface area (Å²) in [5.74, 6) is 0. The van der Waals surface area contributed by atoms with Gasteiger partial charge in [0, 0.05) is 0 Å². The van der Waals surface area contributed by atoms with Crippen molar-refractivity contribution in [1.82, 2.24) is 0 Å². The third kappa shape index (κ3) is 24.2. The van der Waals surface area contributed by atoms with E-state index in [1.807, 2.05) is 48.5 Å². The molecule has 12 heteroatoms. The summed E-state index contributed by atoms with van der Waals surface area (Å²) in [4.78, 5) is 0. The predicted octanol–water partition coefficient (Wildman–Crippen LogP) is 5.14. The van der Waals surface area contributed by atoms with Crippen LogP contribution in [0.1, 0.15) is 81.1 Å². The zero-order valence-corrected chi connectivity index (χ0v) is 25.2. The van der Waals surface area contributed by atoms with Crippen LogP contribution < -0.4 is 0 Å². The largest absolute Gasteiger partial charge is 0.508 e. The second-order valence-corrected chi connectivity index (χ2v) is 13.5. The minimum Gasteiger partial charge on any atom is -0.391 e. The smallest absolute Gasteiger partial charge is 0.391 e. The van der Waals surface area contributed by atoms with Crippen LogP contribution in [0.3, 0.4) is 0 Å². The molecule has 0 aliphatic heterocycles. The first kappa shape index (κ1) is 35.9. The van der Waals surface area contributed by atoms with Gasteiger partial charge in [0.05, 0.1) is 30.0 Å². The number of hydrogen-bond acceptors (Lipinski definition) is 10.